The van der Waals surface area contributed by atoms with Crippen LogP contribution in [0.1, 0.15) is 65.7 Å². The molecule has 3 amide bonds. The Morgan fingerprint density at radius 3 is 2.08 bits per heavy atom. The van der Waals surface area contributed by atoms with Gasteiger partial charge in [-0.15, -0.1) is 0 Å². The summed E-state index contributed by atoms with van der Waals surface area (Å²) in [7, 11) is 1.58. The van der Waals surface area contributed by atoms with Crippen LogP contribution in [0.4, 0.5) is 16.2 Å². The van der Waals surface area contributed by atoms with Crippen LogP contribution < -0.4 is 20.7 Å². The van der Waals surface area contributed by atoms with Gasteiger partial charge in [0, 0.05) is 17.4 Å². The van der Waals surface area contributed by atoms with E-state index in [0.717, 1.165) is 35.1 Å². The number of benzene rings is 2. The number of anilines is 2. The molecule has 1 fully saturated rings. The van der Waals surface area contributed by atoms with E-state index < -0.39 is 23.4 Å². The van der Waals surface area contributed by atoms with Crippen molar-refractivity contribution in [3.05, 3.63) is 71.0 Å². The number of amides is 3. The first-order valence-corrected chi connectivity index (χ1v) is 13.5. The predicted octanol–water partition coefficient (Wildman–Crippen LogP) is 6.23. The fraction of sp³-hybridized carbons (Fsp3) is 0.355. The highest BCUT2D eigenvalue weighted by Crippen LogP contribution is 2.30. The maximum atomic E-state index is 13.5. The minimum atomic E-state index is -1.38. The van der Waals surface area contributed by atoms with E-state index in [1.165, 1.54) is 6.20 Å². The van der Waals surface area contributed by atoms with Crippen molar-refractivity contribution in [1.82, 2.24) is 10.3 Å². The number of ether oxygens (including phenoxy) is 1. The van der Waals surface area contributed by atoms with Crippen molar-refractivity contribution in [2.24, 2.45) is 0 Å². The van der Waals surface area contributed by atoms with Crippen molar-refractivity contribution in [3.8, 4) is 16.9 Å². The van der Waals surface area contributed by atoms with E-state index in [1.807, 2.05) is 45.0 Å². The van der Waals surface area contributed by atoms with Gasteiger partial charge >= 0.3 is 12.0 Å². The zero-order valence-corrected chi connectivity index (χ0v) is 23.4. The molecule has 9 nitrogen and oxygen atoms in total. The van der Waals surface area contributed by atoms with E-state index >= 15 is 0 Å². The summed E-state index contributed by atoms with van der Waals surface area (Å²) in [5, 5.41) is 18.5. The Morgan fingerprint density at radius 1 is 0.875 bits per heavy atom. The Hall–Kier alpha value is -4.40. The molecule has 3 aromatic rings. The Balaban J connectivity index is 1.68. The number of aryl methyl sites for hydroxylation is 3. The summed E-state index contributed by atoms with van der Waals surface area (Å²) >= 11 is 0. The molecule has 1 heterocycles. The smallest absolute Gasteiger partial charge is 0.329 e. The van der Waals surface area contributed by atoms with Gasteiger partial charge in [0.1, 0.15) is 11.3 Å². The van der Waals surface area contributed by atoms with Gasteiger partial charge in [-0.05, 0) is 68.5 Å². The summed E-state index contributed by atoms with van der Waals surface area (Å²) in [4.78, 5) is 43.5. The van der Waals surface area contributed by atoms with Crippen LogP contribution in [0.15, 0.2) is 48.7 Å². The lowest BCUT2D eigenvalue weighted by Crippen LogP contribution is -2.54. The Bertz CT molecular complexity index is 1390. The van der Waals surface area contributed by atoms with Crippen molar-refractivity contribution >= 4 is 29.3 Å². The van der Waals surface area contributed by atoms with Crippen LogP contribution in [0.2, 0.25) is 0 Å². The number of nitrogens with one attached hydrogen (secondary N) is 3. The maximum Gasteiger partial charge on any atom is 0.329 e. The predicted molar refractivity (Wildman–Crippen MR) is 155 cm³/mol. The quantitative estimate of drug-likeness (QED) is 0.261. The molecular formula is C31H36N4O5. The van der Waals surface area contributed by atoms with Gasteiger partial charge in [-0.2, -0.15) is 0 Å². The zero-order chi connectivity index (χ0) is 28.9. The van der Waals surface area contributed by atoms with Gasteiger partial charge in [0.15, 0.2) is 5.69 Å². The van der Waals surface area contributed by atoms with Gasteiger partial charge < -0.3 is 25.8 Å². The van der Waals surface area contributed by atoms with E-state index in [0.29, 0.717) is 42.7 Å². The average Bonchev–Trinajstić information content (AvgIpc) is 3.17. The molecule has 0 unspecified atom stereocenters. The molecule has 0 saturated heterocycles. The molecule has 0 spiro atoms. The number of aliphatic carboxylic acids is 1. The molecule has 1 saturated carbocycles. The highest BCUT2D eigenvalue weighted by Gasteiger charge is 2.41. The third-order valence-corrected chi connectivity index (χ3v) is 7.41. The number of hydrogen-bond donors (Lipinski definition) is 4. The average molecular weight is 545 g/mol. The fourth-order valence-electron chi connectivity index (χ4n) is 5.33. The van der Waals surface area contributed by atoms with E-state index in [2.05, 4.69) is 20.9 Å². The number of carboxylic acid groups (broad SMARTS) is 1. The molecule has 2 aromatic carbocycles. The molecule has 40 heavy (non-hydrogen) atoms. The van der Waals surface area contributed by atoms with Crippen molar-refractivity contribution in [1.29, 1.82) is 0 Å². The van der Waals surface area contributed by atoms with Crippen LogP contribution in [0.5, 0.6) is 5.75 Å². The third-order valence-electron chi connectivity index (χ3n) is 7.41. The van der Waals surface area contributed by atoms with Crippen LogP contribution in [-0.4, -0.2) is 40.6 Å². The van der Waals surface area contributed by atoms with Gasteiger partial charge in [-0.1, -0.05) is 55.5 Å². The van der Waals surface area contributed by atoms with E-state index in [-0.39, 0.29) is 11.4 Å². The third kappa shape index (κ3) is 6.42. The van der Waals surface area contributed by atoms with Crippen LogP contribution >= 0.6 is 0 Å². The van der Waals surface area contributed by atoms with E-state index in [9.17, 15) is 19.5 Å². The molecule has 210 valence electrons. The normalized spacial score (nSPS) is 14.5. The highest BCUT2D eigenvalue weighted by molar-refractivity contribution is 6.07. The van der Waals surface area contributed by atoms with Crippen molar-refractivity contribution < 1.29 is 24.2 Å². The number of carbonyl (C=O) groups is 3. The topological polar surface area (TPSA) is 130 Å². The number of carboxylic acids is 1. The van der Waals surface area contributed by atoms with Crippen molar-refractivity contribution in [3.63, 3.8) is 0 Å². The van der Waals surface area contributed by atoms with Crippen LogP contribution in [-0.2, 0) is 4.79 Å². The molecule has 4 rings (SSSR count). The Morgan fingerprint density at radius 2 is 1.50 bits per heavy atom. The van der Waals surface area contributed by atoms with E-state index in [4.69, 9.17) is 4.74 Å². The molecule has 1 aliphatic carbocycles. The van der Waals surface area contributed by atoms with Crippen LogP contribution in [0.3, 0.4) is 0 Å². The first-order chi connectivity index (χ1) is 19.1. The molecule has 9 heteroatoms. The number of rotatable bonds is 7. The fourth-order valence-corrected chi connectivity index (χ4v) is 5.33. The number of carbonyl (C=O) groups excluding carboxylic acids is 2. The number of pyridine rings is 1. The SMILES string of the molecule is COc1ccc(-c2cnc(C(=O)NC3(C(=O)O)CCCCCC3)c(NC(=O)Nc3c(C)cc(C)cc3C)c2)cc1. The van der Waals surface area contributed by atoms with Gasteiger partial charge in [0.25, 0.3) is 5.91 Å². The second-order valence-electron chi connectivity index (χ2n) is 10.5. The molecule has 1 aromatic heterocycles. The summed E-state index contributed by atoms with van der Waals surface area (Å²) in [6, 6.07) is 12.4. The number of urea groups is 1. The summed E-state index contributed by atoms with van der Waals surface area (Å²) in [5.41, 5.74) is 3.78. The van der Waals surface area contributed by atoms with Gasteiger partial charge in [0.2, 0.25) is 0 Å². The minimum absolute atomic E-state index is 0.0605. The lowest BCUT2D eigenvalue weighted by molar-refractivity contribution is -0.145. The summed E-state index contributed by atoms with van der Waals surface area (Å²) < 4.78 is 5.24. The lowest BCUT2D eigenvalue weighted by Gasteiger charge is -2.29. The first kappa shape index (κ1) is 28.6. The van der Waals surface area contributed by atoms with Gasteiger partial charge in [0.05, 0.1) is 12.8 Å². The second kappa shape index (κ2) is 12.2. The first-order valence-electron chi connectivity index (χ1n) is 13.5. The Labute approximate surface area is 234 Å². The summed E-state index contributed by atoms with van der Waals surface area (Å²) in [6.07, 6.45) is 5.47. The largest absolute Gasteiger partial charge is 0.497 e. The molecule has 1 aliphatic rings. The number of nitrogens with zero attached hydrogens (tertiary/aromatic N) is 1. The lowest BCUT2D eigenvalue weighted by atomic mass is 9.90. The molecule has 4 N–H and O–H groups in total. The maximum absolute atomic E-state index is 13.5. The molecule has 0 atom stereocenters. The monoisotopic (exact) mass is 544 g/mol. The van der Waals surface area contributed by atoms with Crippen molar-refractivity contribution in [2.45, 2.75) is 64.8 Å². The standard InChI is InChI=1S/C31H36N4O5/c1-19-15-20(2)26(21(3)16-19)34-30(39)33-25-17-23(22-9-11-24(40-4)12-10-22)18-32-27(25)28(36)35-31(29(37)38)13-7-5-6-8-14-31/h9-12,15-18H,5-8,13-14H2,1-4H3,(H,35,36)(H,37,38)(H2,33,34,39). The van der Waals surface area contributed by atoms with Gasteiger partial charge in [-0.25, -0.2) is 14.6 Å². The number of aromatic nitrogens is 1. The Kier molecular flexibility index (Phi) is 8.72. The number of methoxy groups -OCH3 is 1. The van der Waals surface area contributed by atoms with Crippen molar-refractivity contribution in [2.75, 3.05) is 17.7 Å². The molecule has 0 aliphatic heterocycles. The summed E-state index contributed by atoms with van der Waals surface area (Å²) in [5.74, 6) is -1.02. The second-order valence-corrected chi connectivity index (χ2v) is 10.5. The highest BCUT2D eigenvalue weighted by atomic mass is 16.5. The molecule has 0 bridgehead atoms. The molecule has 0 radical (unpaired) electrons. The van der Waals surface area contributed by atoms with Gasteiger partial charge in [-0.3, -0.25) is 4.79 Å². The van der Waals surface area contributed by atoms with E-state index in [1.54, 1.807) is 25.3 Å². The molecular weight excluding hydrogens is 508 g/mol. The minimum Gasteiger partial charge on any atom is -0.497 e. The zero-order valence-electron chi connectivity index (χ0n) is 23.4. The van der Waals surface area contributed by atoms with Crippen LogP contribution in [0.25, 0.3) is 11.1 Å². The number of hydrogen-bond acceptors (Lipinski definition) is 5. The summed E-state index contributed by atoms with van der Waals surface area (Å²) in [6.45, 7) is 5.82. The van der Waals surface area contributed by atoms with Crippen LogP contribution in [0, 0.1) is 20.8 Å².